The minimum atomic E-state index is -0.390. The molecular formula is C20H24N6O2. The highest BCUT2D eigenvalue weighted by atomic mass is 16.5. The molecule has 8 nitrogen and oxygen atoms in total. The maximum atomic E-state index is 12.0. The third kappa shape index (κ3) is 3.68. The van der Waals surface area contributed by atoms with Gasteiger partial charge in [-0.05, 0) is 25.5 Å². The Kier molecular flexibility index (Phi) is 5.21. The average Bonchev–Trinajstić information content (AvgIpc) is 3.13. The van der Waals surface area contributed by atoms with Crippen LogP contribution in [0.1, 0.15) is 28.4 Å². The Morgan fingerprint density at radius 1 is 1.18 bits per heavy atom. The molecule has 0 aliphatic carbocycles. The number of anilines is 1. The van der Waals surface area contributed by atoms with Crippen molar-refractivity contribution in [3.63, 3.8) is 0 Å². The lowest BCUT2D eigenvalue weighted by Gasteiger charge is -2.35. The molecule has 0 atom stereocenters. The van der Waals surface area contributed by atoms with E-state index in [4.69, 9.17) is 4.74 Å². The Morgan fingerprint density at radius 2 is 2.00 bits per heavy atom. The van der Waals surface area contributed by atoms with Gasteiger partial charge in [0, 0.05) is 56.9 Å². The van der Waals surface area contributed by atoms with Crippen molar-refractivity contribution in [1.82, 2.24) is 24.5 Å². The summed E-state index contributed by atoms with van der Waals surface area (Å²) >= 11 is 0. The van der Waals surface area contributed by atoms with Crippen molar-refractivity contribution in [2.45, 2.75) is 20.4 Å². The highest BCUT2D eigenvalue weighted by Crippen LogP contribution is 2.19. The average molecular weight is 380 g/mol. The van der Waals surface area contributed by atoms with Gasteiger partial charge in [0.25, 0.3) is 0 Å². The van der Waals surface area contributed by atoms with Gasteiger partial charge in [-0.25, -0.2) is 19.3 Å². The van der Waals surface area contributed by atoms with Gasteiger partial charge in [0.15, 0.2) is 5.65 Å². The summed E-state index contributed by atoms with van der Waals surface area (Å²) in [6, 6.07) is 4.07. The van der Waals surface area contributed by atoms with Crippen molar-refractivity contribution in [1.29, 1.82) is 0 Å². The molecule has 1 fully saturated rings. The Bertz CT molecular complexity index is 978. The number of aryl methyl sites for hydroxylation is 1. The second kappa shape index (κ2) is 7.93. The number of fused-ring (bicyclic) bond motifs is 1. The quantitative estimate of drug-likeness (QED) is 0.626. The summed E-state index contributed by atoms with van der Waals surface area (Å²) in [5.74, 6) is 0.687. The van der Waals surface area contributed by atoms with Crippen molar-refractivity contribution in [3.8, 4) is 0 Å². The molecule has 8 heteroatoms. The van der Waals surface area contributed by atoms with Crippen LogP contribution in [0.2, 0.25) is 0 Å². The number of carbonyl (C=O) groups is 1. The van der Waals surface area contributed by atoms with E-state index in [1.165, 1.54) is 11.8 Å². The molecule has 0 unspecified atom stereocenters. The van der Waals surface area contributed by atoms with Crippen LogP contribution in [0.4, 0.5) is 5.82 Å². The number of hydrogen-bond donors (Lipinski definition) is 0. The van der Waals surface area contributed by atoms with E-state index in [0.717, 1.165) is 44.1 Å². The van der Waals surface area contributed by atoms with E-state index in [2.05, 4.69) is 37.9 Å². The fraction of sp³-hybridized carbons (Fsp3) is 0.400. The van der Waals surface area contributed by atoms with Gasteiger partial charge in [-0.2, -0.15) is 5.10 Å². The molecular weight excluding hydrogens is 356 g/mol. The van der Waals surface area contributed by atoms with Gasteiger partial charge in [-0.3, -0.25) is 4.90 Å². The lowest BCUT2D eigenvalue weighted by molar-refractivity contribution is 0.0528. The fourth-order valence-corrected chi connectivity index (χ4v) is 3.53. The molecule has 0 amide bonds. The maximum absolute atomic E-state index is 12.0. The van der Waals surface area contributed by atoms with Gasteiger partial charge in [0.2, 0.25) is 0 Å². The largest absolute Gasteiger partial charge is 0.462 e. The first kappa shape index (κ1) is 18.4. The number of rotatable bonds is 5. The summed E-state index contributed by atoms with van der Waals surface area (Å²) in [6.45, 7) is 8.83. The topological polar surface area (TPSA) is 75.9 Å². The molecule has 1 aliphatic rings. The van der Waals surface area contributed by atoms with E-state index >= 15 is 0 Å². The van der Waals surface area contributed by atoms with E-state index in [0.29, 0.717) is 17.8 Å². The predicted molar refractivity (Wildman–Crippen MR) is 105 cm³/mol. The van der Waals surface area contributed by atoms with Gasteiger partial charge in [0.05, 0.1) is 12.8 Å². The Labute approximate surface area is 163 Å². The Morgan fingerprint density at radius 3 is 2.75 bits per heavy atom. The third-order valence-electron chi connectivity index (χ3n) is 4.97. The van der Waals surface area contributed by atoms with E-state index in [1.54, 1.807) is 11.4 Å². The first-order valence-corrected chi connectivity index (χ1v) is 9.54. The van der Waals surface area contributed by atoms with Gasteiger partial charge >= 0.3 is 5.97 Å². The van der Waals surface area contributed by atoms with Gasteiger partial charge in [0.1, 0.15) is 11.4 Å². The molecule has 0 saturated carbocycles. The van der Waals surface area contributed by atoms with Gasteiger partial charge in [-0.15, -0.1) is 0 Å². The van der Waals surface area contributed by atoms with Crippen LogP contribution >= 0.6 is 0 Å². The summed E-state index contributed by atoms with van der Waals surface area (Å²) in [6.07, 6.45) is 7.11. The maximum Gasteiger partial charge on any atom is 0.343 e. The molecule has 4 heterocycles. The van der Waals surface area contributed by atoms with Crippen molar-refractivity contribution in [3.05, 3.63) is 53.6 Å². The Balaban J connectivity index is 1.41. The van der Waals surface area contributed by atoms with E-state index in [1.807, 2.05) is 24.7 Å². The lowest BCUT2D eigenvalue weighted by atomic mass is 10.2. The SMILES string of the molecule is CCOC(=O)c1cnn2cc(CN3CCN(c4ncccc4C)CC3)cnc12. The zero-order valence-electron chi connectivity index (χ0n) is 16.2. The van der Waals surface area contributed by atoms with E-state index in [-0.39, 0.29) is 0 Å². The first-order chi connectivity index (χ1) is 13.7. The molecule has 3 aromatic rings. The van der Waals surface area contributed by atoms with Crippen molar-refractivity contribution in [2.24, 2.45) is 0 Å². The number of carbonyl (C=O) groups excluding carboxylic acids is 1. The number of esters is 1. The van der Waals surface area contributed by atoms with Crippen molar-refractivity contribution < 1.29 is 9.53 Å². The second-order valence-corrected chi connectivity index (χ2v) is 6.92. The molecule has 146 valence electrons. The van der Waals surface area contributed by atoms with Crippen LogP contribution in [0.25, 0.3) is 5.65 Å². The highest BCUT2D eigenvalue weighted by Gasteiger charge is 2.20. The van der Waals surface area contributed by atoms with Crippen LogP contribution in [0.3, 0.4) is 0 Å². The minimum absolute atomic E-state index is 0.332. The standard InChI is InChI=1S/C20H24N6O2/c1-3-28-20(27)17-12-23-26-14-16(11-22-19(17)26)13-24-7-9-25(10-8-24)18-15(2)5-4-6-21-18/h4-6,11-12,14H,3,7-10,13H2,1-2H3. The summed E-state index contributed by atoms with van der Waals surface area (Å²) < 4.78 is 6.70. The van der Waals surface area contributed by atoms with Crippen molar-refractivity contribution in [2.75, 3.05) is 37.7 Å². The third-order valence-corrected chi connectivity index (χ3v) is 4.97. The van der Waals surface area contributed by atoms with Crippen LogP contribution < -0.4 is 4.90 Å². The normalized spacial score (nSPS) is 15.1. The minimum Gasteiger partial charge on any atom is -0.462 e. The van der Waals surface area contributed by atoms with E-state index in [9.17, 15) is 4.79 Å². The number of pyridine rings is 1. The summed E-state index contributed by atoms with van der Waals surface area (Å²) in [7, 11) is 0. The monoisotopic (exact) mass is 380 g/mol. The summed E-state index contributed by atoms with van der Waals surface area (Å²) in [5, 5.41) is 4.26. The fourth-order valence-electron chi connectivity index (χ4n) is 3.53. The molecule has 28 heavy (non-hydrogen) atoms. The van der Waals surface area contributed by atoms with Crippen LogP contribution in [0.15, 0.2) is 36.9 Å². The molecule has 0 radical (unpaired) electrons. The number of ether oxygens (including phenoxy) is 1. The van der Waals surface area contributed by atoms with E-state index < -0.39 is 5.97 Å². The summed E-state index contributed by atoms with van der Waals surface area (Å²) in [4.78, 5) is 25.7. The molecule has 1 aliphatic heterocycles. The van der Waals surface area contributed by atoms with Crippen LogP contribution in [0.5, 0.6) is 0 Å². The predicted octanol–water partition coefficient (Wildman–Crippen LogP) is 1.93. The van der Waals surface area contributed by atoms with Crippen molar-refractivity contribution >= 4 is 17.4 Å². The van der Waals surface area contributed by atoms with Crippen LogP contribution in [0, 0.1) is 6.92 Å². The number of nitrogens with zero attached hydrogens (tertiary/aromatic N) is 6. The molecule has 0 bridgehead atoms. The molecule has 0 aromatic carbocycles. The first-order valence-electron chi connectivity index (χ1n) is 9.54. The number of hydrogen-bond acceptors (Lipinski definition) is 7. The second-order valence-electron chi connectivity index (χ2n) is 6.92. The smallest absolute Gasteiger partial charge is 0.343 e. The molecule has 0 N–H and O–H groups in total. The van der Waals surface area contributed by atoms with Gasteiger partial charge < -0.3 is 9.64 Å². The zero-order valence-corrected chi connectivity index (χ0v) is 16.2. The lowest BCUT2D eigenvalue weighted by Crippen LogP contribution is -2.46. The Hall–Kier alpha value is -3.00. The molecule has 4 rings (SSSR count). The van der Waals surface area contributed by atoms with Crippen LogP contribution in [-0.4, -0.2) is 63.2 Å². The molecule has 1 saturated heterocycles. The van der Waals surface area contributed by atoms with Crippen LogP contribution in [-0.2, 0) is 11.3 Å². The molecule has 0 spiro atoms. The number of aromatic nitrogens is 4. The van der Waals surface area contributed by atoms with Gasteiger partial charge in [-0.1, -0.05) is 6.07 Å². The summed E-state index contributed by atoms with van der Waals surface area (Å²) in [5.41, 5.74) is 3.19. The molecule has 3 aromatic heterocycles. The number of piperazine rings is 1. The highest BCUT2D eigenvalue weighted by molar-refractivity contribution is 5.95. The zero-order chi connectivity index (χ0) is 19.5.